The van der Waals surface area contributed by atoms with Crippen molar-refractivity contribution < 1.29 is 9.59 Å². The minimum atomic E-state index is -1.55. The fraction of sp³-hybridized carbons (Fsp3) is 0.269. The first-order valence-corrected chi connectivity index (χ1v) is 11.1. The lowest BCUT2D eigenvalue weighted by atomic mass is 9.60. The SMILES string of the molecule is CN1C(=O)[C@@]2(C(C#N)=C(N)N(c3ccc(Cl)cc3)C3=C2C(=O)CC(C)(C)C3)c2ccccc21. The highest BCUT2D eigenvalue weighted by Gasteiger charge is 2.62. The molecule has 33 heavy (non-hydrogen) atoms. The van der Waals surface area contributed by atoms with Crippen LogP contribution < -0.4 is 15.5 Å². The first-order chi connectivity index (χ1) is 15.6. The number of carbonyl (C=O) groups is 2. The molecule has 2 heterocycles. The molecule has 1 atom stereocenters. The third-order valence-corrected chi connectivity index (χ3v) is 7.11. The van der Waals surface area contributed by atoms with E-state index in [4.69, 9.17) is 17.3 Å². The third kappa shape index (κ3) is 2.72. The Morgan fingerprint density at radius 1 is 1.06 bits per heavy atom. The molecule has 0 saturated heterocycles. The summed E-state index contributed by atoms with van der Waals surface area (Å²) in [6.07, 6.45) is 0.802. The number of rotatable bonds is 1. The number of ketones is 1. The van der Waals surface area contributed by atoms with Crippen LogP contribution in [0, 0.1) is 16.7 Å². The summed E-state index contributed by atoms with van der Waals surface area (Å²) >= 11 is 6.11. The normalized spacial score (nSPS) is 23.7. The number of Topliss-reactive ketones (excluding diaryl/α,β-unsaturated/α-hetero) is 1. The van der Waals surface area contributed by atoms with Crippen LogP contribution >= 0.6 is 11.6 Å². The van der Waals surface area contributed by atoms with E-state index in [1.165, 1.54) is 4.90 Å². The van der Waals surface area contributed by atoms with Gasteiger partial charge in [0.15, 0.2) is 5.78 Å². The fourth-order valence-corrected chi connectivity index (χ4v) is 5.67. The molecule has 2 N–H and O–H groups in total. The maximum Gasteiger partial charge on any atom is 0.247 e. The summed E-state index contributed by atoms with van der Waals surface area (Å²) in [7, 11) is 1.67. The van der Waals surface area contributed by atoms with Crippen molar-refractivity contribution in [3.63, 3.8) is 0 Å². The van der Waals surface area contributed by atoms with Crippen molar-refractivity contribution in [2.45, 2.75) is 32.1 Å². The summed E-state index contributed by atoms with van der Waals surface area (Å²) in [6, 6.07) is 16.6. The Morgan fingerprint density at radius 3 is 2.39 bits per heavy atom. The number of amides is 1. The molecular weight excluding hydrogens is 436 g/mol. The molecule has 6 nitrogen and oxygen atoms in total. The van der Waals surface area contributed by atoms with Crippen molar-refractivity contribution >= 4 is 34.7 Å². The minimum Gasteiger partial charge on any atom is -0.384 e. The van der Waals surface area contributed by atoms with Crippen LogP contribution in [0.15, 0.2) is 71.2 Å². The molecule has 7 heteroatoms. The Hall–Kier alpha value is -3.56. The fourth-order valence-electron chi connectivity index (χ4n) is 5.55. The quantitative estimate of drug-likeness (QED) is 0.683. The Morgan fingerprint density at radius 2 is 1.73 bits per heavy atom. The van der Waals surface area contributed by atoms with E-state index in [0.717, 1.165) is 0 Å². The molecule has 0 saturated carbocycles. The van der Waals surface area contributed by atoms with Gasteiger partial charge in [-0.1, -0.05) is 43.6 Å². The number of likely N-dealkylation sites (N-methyl/N-ethyl adjacent to an activating group) is 1. The second-order valence-electron chi connectivity index (χ2n) is 9.58. The second kappa shape index (κ2) is 6.97. The van der Waals surface area contributed by atoms with E-state index in [-0.39, 0.29) is 34.9 Å². The number of nitriles is 1. The topological polar surface area (TPSA) is 90.4 Å². The first kappa shape index (κ1) is 21.3. The standard InChI is InChI=1S/C26H23ClN4O2/c1-25(2)12-20-22(21(32)13-25)26(17-6-4-5-7-19(17)30(3)24(26)33)18(14-28)23(29)31(20)16-10-8-15(27)9-11-16/h4-11H,12-13,29H2,1-3H3/t26-/m1/s1. The maximum atomic E-state index is 14.0. The molecule has 1 aliphatic carbocycles. The Kier molecular flexibility index (Phi) is 4.50. The van der Waals surface area contributed by atoms with Crippen molar-refractivity contribution in [2.24, 2.45) is 11.1 Å². The number of hydrogen-bond acceptors (Lipinski definition) is 5. The van der Waals surface area contributed by atoms with Gasteiger partial charge in [0.2, 0.25) is 5.91 Å². The average molecular weight is 459 g/mol. The molecule has 166 valence electrons. The summed E-state index contributed by atoms with van der Waals surface area (Å²) in [5.41, 5.74) is 7.88. The number of nitrogens with zero attached hydrogens (tertiary/aromatic N) is 3. The Bertz CT molecular complexity index is 1330. The zero-order valence-electron chi connectivity index (χ0n) is 18.6. The molecule has 5 rings (SSSR count). The summed E-state index contributed by atoms with van der Waals surface area (Å²) in [6.45, 7) is 4.05. The number of para-hydroxylation sites is 1. The predicted octanol–water partition coefficient (Wildman–Crippen LogP) is 4.41. The maximum absolute atomic E-state index is 14.0. The van der Waals surface area contributed by atoms with Gasteiger partial charge in [-0.15, -0.1) is 0 Å². The lowest BCUT2D eigenvalue weighted by Gasteiger charge is -2.46. The van der Waals surface area contributed by atoms with Crippen LogP contribution in [0.4, 0.5) is 11.4 Å². The van der Waals surface area contributed by atoms with Gasteiger partial charge in [0.05, 0.1) is 5.57 Å². The first-order valence-electron chi connectivity index (χ1n) is 10.7. The summed E-state index contributed by atoms with van der Waals surface area (Å²) in [5, 5.41) is 10.9. The van der Waals surface area contributed by atoms with Crippen molar-refractivity contribution in [2.75, 3.05) is 16.8 Å². The van der Waals surface area contributed by atoms with Gasteiger partial charge in [-0.25, -0.2) is 0 Å². The monoisotopic (exact) mass is 458 g/mol. The van der Waals surface area contributed by atoms with Gasteiger partial charge in [-0.2, -0.15) is 5.26 Å². The molecule has 0 radical (unpaired) electrons. The van der Waals surface area contributed by atoms with Gasteiger partial charge in [0.1, 0.15) is 17.3 Å². The molecule has 0 fully saturated rings. The molecule has 0 aromatic heterocycles. The number of fused-ring (bicyclic) bond motifs is 3. The van der Waals surface area contributed by atoms with E-state index in [2.05, 4.69) is 6.07 Å². The molecule has 1 amide bonds. The van der Waals surface area contributed by atoms with Crippen LogP contribution in [0.2, 0.25) is 5.02 Å². The second-order valence-corrected chi connectivity index (χ2v) is 10.0. The van der Waals surface area contributed by atoms with Crippen LogP contribution in [0.3, 0.4) is 0 Å². The van der Waals surface area contributed by atoms with Crippen LogP contribution in [0.1, 0.15) is 32.3 Å². The number of carbonyl (C=O) groups excluding carboxylic acids is 2. The summed E-state index contributed by atoms with van der Waals surface area (Å²) in [4.78, 5) is 31.1. The third-order valence-electron chi connectivity index (χ3n) is 6.86. The van der Waals surface area contributed by atoms with Gasteiger partial charge in [-0.3, -0.25) is 14.5 Å². The van der Waals surface area contributed by atoms with Crippen LogP contribution in [-0.2, 0) is 15.0 Å². The zero-order chi connectivity index (χ0) is 23.7. The van der Waals surface area contributed by atoms with Crippen molar-refractivity contribution in [3.8, 4) is 6.07 Å². The van der Waals surface area contributed by atoms with Crippen molar-refractivity contribution in [1.29, 1.82) is 5.26 Å². The van der Waals surface area contributed by atoms with Crippen LogP contribution in [0.25, 0.3) is 0 Å². The van der Waals surface area contributed by atoms with Crippen molar-refractivity contribution in [3.05, 3.63) is 81.8 Å². The van der Waals surface area contributed by atoms with E-state index >= 15 is 0 Å². The van der Waals surface area contributed by atoms with Gasteiger partial charge < -0.3 is 10.6 Å². The summed E-state index contributed by atoms with van der Waals surface area (Å²) < 4.78 is 0. The smallest absolute Gasteiger partial charge is 0.247 e. The molecule has 0 bridgehead atoms. The van der Waals surface area contributed by atoms with Crippen LogP contribution in [-0.4, -0.2) is 18.7 Å². The van der Waals surface area contributed by atoms with E-state index < -0.39 is 5.41 Å². The highest BCUT2D eigenvalue weighted by molar-refractivity contribution is 6.30. The van der Waals surface area contributed by atoms with Gasteiger partial charge in [0, 0.05) is 46.7 Å². The Balaban J connectivity index is 1.91. The van der Waals surface area contributed by atoms with E-state index in [9.17, 15) is 14.9 Å². The number of benzene rings is 2. The van der Waals surface area contributed by atoms with Gasteiger partial charge in [0.25, 0.3) is 0 Å². The number of allylic oxidation sites excluding steroid dienone is 1. The molecule has 2 aromatic rings. The number of nitrogens with two attached hydrogens (primary N) is 1. The van der Waals surface area contributed by atoms with Gasteiger partial charge in [-0.05, 0) is 42.2 Å². The lowest BCUT2D eigenvalue weighted by molar-refractivity contribution is -0.124. The molecule has 0 unspecified atom stereocenters. The average Bonchev–Trinajstić information content (AvgIpc) is 2.97. The number of halogens is 1. The van der Waals surface area contributed by atoms with E-state index in [1.54, 1.807) is 36.2 Å². The highest BCUT2D eigenvalue weighted by atomic mass is 35.5. The zero-order valence-corrected chi connectivity index (χ0v) is 19.4. The predicted molar refractivity (Wildman–Crippen MR) is 127 cm³/mol. The van der Waals surface area contributed by atoms with Gasteiger partial charge >= 0.3 is 0 Å². The molecule has 3 aliphatic rings. The molecule has 2 aliphatic heterocycles. The molecule has 1 spiro atoms. The molecular formula is C26H23ClN4O2. The Labute approximate surface area is 197 Å². The summed E-state index contributed by atoms with van der Waals surface area (Å²) in [5.74, 6) is -0.319. The number of anilines is 2. The van der Waals surface area contributed by atoms with E-state index in [1.807, 2.05) is 38.1 Å². The van der Waals surface area contributed by atoms with Crippen LogP contribution in [0.5, 0.6) is 0 Å². The molecule has 2 aromatic carbocycles. The largest absolute Gasteiger partial charge is 0.384 e. The lowest BCUT2D eigenvalue weighted by Crippen LogP contribution is -2.53. The minimum absolute atomic E-state index is 0.0751. The number of hydrogen-bond donors (Lipinski definition) is 1. The van der Waals surface area contributed by atoms with Crippen molar-refractivity contribution in [1.82, 2.24) is 0 Å². The van der Waals surface area contributed by atoms with E-state index in [0.29, 0.717) is 39.7 Å². The highest BCUT2D eigenvalue weighted by Crippen LogP contribution is 2.58.